The maximum absolute atomic E-state index is 12.4. The van der Waals surface area contributed by atoms with Crippen molar-refractivity contribution < 1.29 is 4.79 Å². The molecular formula is C19H22N4O. The Morgan fingerprint density at radius 3 is 2.71 bits per heavy atom. The van der Waals surface area contributed by atoms with Gasteiger partial charge in [-0.2, -0.15) is 5.10 Å². The molecular weight excluding hydrogens is 300 g/mol. The van der Waals surface area contributed by atoms with Gasteiger partial charge in [0.25, 0.3) is 0 Å². The van der Waals surface area contributed by atoms with Gasteiger partial charge >= 0.3 is 6.03 Å². The second kappa shape index (κ2) is 6.74. The molecule has 5 heteroatoms. The normalized spacial score (nSPS) is 12.1. The third-order valence-corrected chi connectivity index (χ3v) is 4.29. The number of anilines is 1. The number of carbonyl (C=O) groups is 1. The van der Waals surface area contributed by atoms with E-state index in [2.05, 4.69) is 22.7 Å². The van der Waals surface area contributed by atoms with Crippen LogP contribution in [-0.4, -0.2) is 15.8 Å². The maximum atomic E-state index is 12.4. The highest BCUT2D eigenvalue weighted by Gasteiger charge is 2.15. The third kappa shape index (κ3) is 3.11. The van der Waals surface area contributed by atoms with Crippen LogP contribution in [0.15, 0.2) is 48.7 Å². The largest absolute Gasteiger partial charge is 0.331 e. The molecule has 1 heterocycles. The van der Waals surface area contributed by atoms with Crippen molar-refractivity contribution in [3.63, 3.8) is 0 Å². The van der Waals surface area contributed by atoms with Gasteiger partial charge in [0.15, 0.2) is 0 Å². The van der Waals surface area contributed by atoms with Gasteiger partial charge in [0, 0.05) is 23.2 Å². The topological polar surface area (TPSA) is 59.0 Å². The van der Waals surface area contributed by atoms with Gasteiger partial charge in [-0.1, -0.05) is 36.4 Å². The van der Waals surface area contributed by atoms with Crippen molar-refractivity contribution in [2.24, 2.45) is 0 Å². The fraction of sp³-hybridized carbons (Fsp3) is 0.263. The molecule has 0 bridgehead atoms. The van der Waals surface area contributed by atoms with Gasteiger partial charge in [-0.25, -0.2) is 4.79 Å². The minimum absolute atomic E-state index is 0.111. The Morgan fingerprint density at radius 1 is 1.21 bits per heavy atom. The zero-order valence-corrected chi connectivity index (χ0v) is 14.2. The van der Waals surface area contributed by atoms with E-state index in [1.54, 1.807) is 0 Å². The molecule has 1 unspecified atom stereocenters. The highest BCUT2D eigenvalue weighted by Crippen LogP contribution is 2.23. The highest BCUT2D eigenvalue weighted by molar-refractivity contribution is 6.01. The number of fused-ring (bicyclic) bond motifs is 1. The van der Waals surface area contributed by atoms with Gasteiger partial charge in [-0.15, -0.1) is 0 Å². The predicted octanol–water partition coefficient (Wildman–Crippen LogP) is 4.25. The summed E-state index contributed by atoms with van der Waals surface area (Å²) in [7, 11) is 0. The van der Waals surface area contributed by atoms with E-state index < -0.39 is 0 Å². The van der Waals surface area contributed by atoms with Crippen molar-refractivity contribution in [1.29, 1.82) is 0 Å². The molecule has 24 heavy (non-hydrogen) atoms. The fourth-order valence-electron chi connectivity index (χ4n) is 2.97. The van der Waals surface area contributed by atoms with Crippen LogP contribution in [-0.2, 0) is 6.54 Å². The Balaban J connectivity index is 1.74. The first kappa shape index (κ1) is 16.1. The number of carbonyl (C=O) groups excluding carboxylic acids is 1. The fourth-order valence-corrected chi connectivity index (χ4v) is 2.97. The molecule has 2 aromatic carbocycles. The summed E-state index contributed by atoms with van der Waals surface area (Å²) in [4.78, 5) is 12.4. The second-order valence-corrected chi connectivity index (χ2v) is 5.85. The Labute approximate surface area is 141 Å². The number of nitrogens with zero attached hydrogens (tertiary/aromatic N) is 2. The van der Waals surface area contributed by atoms with E-state index in [0.717, 1.165) is 34.3 Å². The molecule has 0 aliphatic heterocycles. The van der Waals surface area contributed by atoms with Crippen molar-refractivity contribution in [2.45, 2.75) is 33.4 Å². The zero-order valence-electron chi connectivity index (χ0n) is 14.2. The average Bonchev–Trinajstić information content (AvgIpc) is 2.96. The van der Waals surface area contributed by atoms with Crippen molar-refractivity contribution >= 4 is 22.5 Å². The van der Waals surface area contributed by atoms with Crippen LogP contribution in [0.4, 0.5) is 10.5 Å². The van der Waals surface area contributed by atoms with Gasteiger partial charge in [-0.05, 0) is 32.2 Å². The lowest BCUT2D eigenvalue weighted by Crippen LogP contribution is -2.31. The van der Waals surface area contributed by atoms with Crippen LogP contribution in [0.1, 0.15) is 31.1 Å². The molecule has 124 valence electrons. The van der Waals surface area contributed by atoms with E-state index in [4.69, 9.17) is 0 Å². The van der Waals surface area contributed by atoms with Crippen LogP contribution in [0.25, 0.3) is 10.8 Å². The molecule has 0 saturated heterocycles. The first-order chi connectivity index (χ1) is 11.6. The molecule has 0 aliphatic carbocycles. The van der Waals surface area contributed by atoms with E-state index >= 15 is 0 Å². The number of hydrogen-bond donors (Lipinski definition) is 2. The monoisotopic (exact) mass is 322 g/mol. The van der Waals surface area contributed by atoms with Crippen LogP contribution in [0.5, 0.6) is 0 Å². The smallest absolute Gasteiger partial charge is 0.319 e. The van der Waals surface area contributed by atoms with Crippen molar-refractivity contribution in [3.8, 4) is 0 Å². The van der Waals surface area contributed by atoms with Gasteiger partial charge in [0.2, 0.25) is 0 Å². The second-order valence-electron chi connectivity index (χ2n) is 5.85. The lowest BCUT2D eigenvalue weighted by molar-refractivity contribution is 0.249. The van der Waals surface area contributed by atoms with E-state index in [0.29, 0.717) is 0 Å². The lowest BCUT2D eigenvalue weighted by atomic mass is 10.1. The number of rotatable bonds is 4. The standard InChI is InChI=1S/C19H22N4O/c1-4-23-14(3)17(12-20-23)13(2)21-19(24)22-18-11-7-9-15-8-5-6-10-16(15)18/h5-13H,4H2,1-3H3,(H2,21,22,24). The minimum Gasteiger partial charge on any atom is -0.331 e. The zero-order chi connectivity index (χ0) is 17.1. The molecule has 2 N–H and O–H groups in total. The average molecular weight is 322 g/mol. The van der Waals surface area contributed by atoms with E-state index in [1.165, 1.54) is 0 Å². The molecule has 0 spiro atoms. The van der Waals surface area contributed by atoms with Crippen LogP contribution in [0.3, 0.4) is 0 Å². The number of urea groups is 1. The molecule has 1 atom stereocenters. The molecule has 0 aliphatic rings. The molecule has 3 aromatic rings. The van der Waals surface area contributed by atoms with E-state index in [1.807, 2.05) is 67.2 Å². The summed E-state index contributed by atoms with van der Waals surface area (Å²) in [5, 5.41) is 12.4. The maximum Gasteiger partial charge on any atom is 0.319 e. The number of amides is 2. The summed E-state index contributed by atoms with van der Waals surface area (Å²) in [5.74, 6) is 0. The Kier molecular flexibility index (Phi) is 4.51. The van der Waals surface area contributed by atoms with Gasteiger partial charge in [0.1, 0.15) is 0 Å². The number of benzene rings is 2. The molecule has 0 radical (unpaired) electrons. The van der Waals surface area contributed by atoms with E-state index in [-0.39, 0.29) is 12.1 Å². The Morgan fingerprint density at radius 2 is 1.96 bits per heavy atom. The van der Waals surface area contributed by atoms with E-state index in [9.17, 15) is 4.79 Å². The quantitative estimate of drug-likeness (QED) is 0.754. The van der Waals surface area contributed by atoms with Gasteiger partial charge < -0.3 is 10.6 Å². The summed E-state index contributed by atoms with van der Waals surface area (Å²) < 4.78 is 1.93. The summed E-state index contributed by atoms with van der Waals surface area (Å²) in [6.07, 6.45) is 1.82. The highest BCUT2D eigenvalue weighted by atomic mass is 16.2. The molecule has 5 nitrogen and oxygen atoms in total. The number of nitrogens with one attached hydrogen (secondary N) is 2. The van der Waals surface area contributed by atoms with Crippen molar-refractivity contribution in [3.05, 3.63) is 59.9 Å². The van der Waals surface area contributed by atoms with Crippen LogP contribution >= 0.6 is 0 Å². The number of aryl methyl sites for hydroxylation is 1. The lowest BCUT2D eigenvalue weighted by Gasteiger charge is -2.15. The SMILES string of the molecule is CCn1ncc(C(C)NC(=O)Nc2cccc3ccccc23)c1C. The van der Waals surface area contributed by atoms with Crippen LogP contribution < -0.4 is 10.6 Å². The van der Waals surface area contributed by atoms with Crippen molar-refractivity contribution in [1.82, 2.24) is 15.1 Å². The summed E-state index contributed by atoms with van der Waals surface area (Å²) >= 11 is 0. The molecule has 0 saturated carbocycles. The summed E-state index contributed by atoms with van der Waals surface area (Å²) in [5.41, 5.74) is 2.92. The first-order valence-corrected chi connectivity index (χ1v) is 8.17. The van der Waals surface area contributed by atoms with Gasteiger partial charge in [0.05, 0.1) is 17.9 Å². The first-order valence-electron chi connectivity index (χ1n) is 8.17. The van der Waals surface area contributed by atoms with Gasteiger partial charge in [-0.3, -0.25) is 4.68 Å². The Hall–Kier alpha value is -2.82. The predicted molar refractivity (Wildman–Crippen MR) is 97.2 cm³/mol. The Bertz CT molecular complexity index is 863. The number of aromatic nitrogens is 2. The summed E-state index contributed by atoms with van der Waals surface area (Å²) in [6.45, 7) is 6.86. The molecule has 1 aromatic heterocycles. The molecule has 0 fully saturated rings. The van der Waals surface area contributed by atoms with Crippen LogP contribution in [0.2, 0.25) is 0 Å². The number of hydrogen-bond acceptors (Lipinski definition) is 2. The third-order valence-electron chi connectivity index (χ3n) is 4.29. The minimum atomic E-state index is -0.220. The van der Waals surface area contributed by atoms with Crippen molar-refractivity contribution in [2.75, 3.05) is 5.32 Å². The molecule has 2 amide bonds. The summed E-state index contributed by atoms with van der Waals surface area (Å²) in [6, 6.07) is 13.5. The van der Waals surface area contributed by atoms with Crippen LogP contribution in [0, 0.1) is 6.92 Å². The molecule has 3 rings (SSSR count).